The molecule has 0 unspecified atom stereocenters. The number of allylic oxidation sites excluding steroid dienone is 4. The number of hydrogen-bond acceptors (Lipinski definition) is 1. The van der Waals surface area contributed by atoms with Gasteiger partial charge < -0.3 is 0 Å². The van der Waals surface area contributed by atoms with Gasteiger partial charge in [0.2, 0.25) is 0 Å². The van der Waals surface area contributed by atoms with Crippen molar-refractivity contribution in [2.45, 2.75) is 27.2 Å². The molecule has 0 atom stereocenters. The largest absolute Gasteiger partial charge is 0.295 e. The summed E-state index contributed by atoms with van der Waals surface area (Å²) in [6.07, 6.45) is 4.00. The SMILES string of the molecule is CC(C)=CC(=O)CC(C)=CCCl. The van der Waals surface area contributed by atoms with Gasteiger partial charge in [0.1, 0.15) is 0 Å². The predicted molar refractivity (Wildman–Crippen MR) is 53.5 cm³/mol. The maximum Gasteiger partial charge on any atom is 0.159 e. The molecule has 0 saturated heterocycles. The van der Waals surface area contributed by atoms with Crippen LogP contribution in [0.5, 0.6) is 0 Å². The Balaban J connectivity index is 4.02. The smallest absolute Gasteiger partial charge is 0.159 e. The first kappa shape index (κ1) is 11.4. The molecule has 0 saturated carbocycles. The number of ketones is 1. The second-order valence-electron chi connectivity index (χ2n) is 3.07. The Morgan fingerprint density at radius 2 is 1.92 bits per heavy atom. The monoisotopic (exact) mass is 186 g/mol. The minimum atomic E-state index is 0.147. The second-order valence-corrected chi connectivity index (χ2v) is 3.38. The molecule has 0 heterocycles. The lowest BCUT2D eigenvalue weighted by Crippen LogP contribution is -1.94. The lowest BCUT2D eigenvalue weighted by atomic mass is 10.1. The van der Waals surface area contributed by atoms with Crippen LogP contribution >= 0.6 is 11.6 Å². The first-order valence-corrected chi connectivity index (χ1v) is 4.49. The Labute approximate surface area is 79.1 Å². The van der Waals surface area contributed by atoms with Gasteiger partial charge in [0.25, 0.3) is 0 Å². The van der Waals surface area contributed by atoms with Crippen LogP contribution < -0.4 is 0 Å². The molecule has 0 N–H and O–H groups in total. The predicted octanol–water partition coefficient (Wildman–Crippen LogP) is 3.10. The highest BCUT2D eigenvalue weighted by Gasteiger charge is 1.97. The van der Waals surface area contributed by atoms with Crippen molar-refractivity contribution in [1.29, 1.82) is 0 Å². The molecule has 1 nitrogen and oxygen atoms in total. The van der Waals surface area contributed by atoms with Crippen LogP contribution in [0.4, 0.5) is 0 Å². The first-order valence-electron chi connectivity index (χ1n) is 3.95. The summed E-state index contributed by atoms with van der Waals surface area (Å²) in [6.45, 7) is 5.75. The van der Waals surface area contributed by atoms with E-state index in [-0.39, 0.29) is 5.78 Å². The molecule has 0 bridgehead atoms. The molecule has 68 valence electrons. The van der Waals surface area contributed by atoms with Crippen LogP contribution in [0.15, 0.2) is 23.3 Å². The number of halogens is 1. The Bertz CT molecular complexity index is 210. The van der Waals surface area contributed by atoms with E-state index in [1.54, 1.807) is 6.08 Å². The van der Waals surface area contributed by atoms with Crippen molar-refractivity contribution >= 4 is 17.4 Å². The molecule has 0 spiro atoms. The Morgan fingerprint density at radius 1 is 1.33 bits per heavy atom. The quantitative estimate of drug-likeness (QED) is 0.375. The molecule has 0 aromatic rings. The van der Waals surface area contributed by atoms with Crippen molar-refractivity contribution in [3.05, 3.63) is 23.3 Å². The van der Waals surface area contributed by atoms with E-state index < -0.39 is 0 Å². The Hall–Kier alpha value is -0.560. The number of hydrogen-bond donors (Lipinski definition) is 0. The van der Waals surface area contributed by atoms with Gasteiger partial charge in [-0.15, -0.1) is 11.6 Å². The maximum absolute atomic E-state index is 11.2. The van der Waals surface area contributed by atoms with Crippen molar-refractivity contribution in [3.63, 3.8) is 0 Å². The standard InChI is InChI=1S/C10H15ClO/c1-8(2)6-10(12)7-9(3)4-5-11/h4,6H,5,7H2,1-3H3. The third kappa shape index (κ3) is 6.17. The van der Waals surface area contributed by atoms with Crippen LogP contribution in [-0.4, -0.2) is 11.7 Å². The molecular weight excluding hydrogens is 172 g/mol. The molecule has 0 aliphatic rings. The molecular formula is C10H15ClO. The van der Waals surface area contributed by atoms with Gasteiger partial charge in [-0.2, -0.15) is 0 Å². The highest BCUT2D eigenvalue weighted by atomic mass is 35.5. The molecule has 0 fully saturated rings. The molecule has 0 aliphatic heterocycles. The molecule has 0 amide bonds. The van der Waals surface area contributed by atoms with Crippen LogP contribution in [0.2, 0.25) is 0 Å². The molecule has 0 radical (unpaired) electrons. The Morgan fingerprint density at radius 3 is 2.33 bits per heavy atom. The summed E-state index contributed by atoms with van der Waals surface area (Å²) in [5.41, 5.74) is 2.08. The van der Waals surface area contributed by atoms with Crippen LogP contribution in [0.25, 0.3) is 0 Å². The molecule has 0 aromatic heterocycles. The molecule has 2 heteroatoms. The normalized spacial score (nSPS) is 11.2. The zero-order chi connectivity index (χ0) is 9.56. The van der Waals surface area contributed by atoms with Crippen LogP contribution in [-0.2, 0) is 4.79 Å². The zero-order valence-electron chi connectivity index (χ0n) is 7.86. The molecule has 12 heavy (non-hydrogen) atoms. The fourth-order valence-electron chi connectivity index (χ4n) is 0.852. The lowest BCUT2D eigenvalue weighted by molar-refractivity contribution is -0.114. The number of rotatable bonds is 4. The second kappa shape index (κ2) is 6.01. The van der Waals surface area contributed by atoms with Gasteiger partial charge >= 0.3 is 0 Å². The lowest BCUT2D eigenvalue weighted by Gasteiger charge is -1.96. The summed E-state index contributed by atoms with van der Waals surface area (Å²) in [5.74, 6) is 0.627. The Kier molecular flexibility index (Phi) is 5.73. The van der Waals surface area contributed by atoms with E-state index in [1.807, 2.05) is 26.8 Å². The van der Waals surface area contributed by atoms with E-state index in [0.29, 0.717) is 12.3 Å². The first-order chi connectivity index (χ1) is 5.56. The van der Waals surface area contributed by atoms with Crippen molar-refractivity contribution in [1.82, 2.24) is 0 Å². The summed E-state index contributed by atoms with van der Waals surface area (Å²) in [4.78, 5) is 11.2. The molecule has 0 aromatic carbocycles. The van der Waals surface area contributed by atoms with E-state index >= 15 is 0 Å². The number of carbonyl (C=O) groups is 1. The average molecular weight is 187 g/mol. The summed E-state index contributed by atoms with van der Waals surface area (Å²) < 4.78 is 0. The highest BCUT2D eigenvalue weighted by Crippen LogP contribution is 2.03. The van der Waals surface area contributed by atoms with Gasteiger partial charge in [-0.25, -0.2) is 0 Å². The van der Waals surface area contributed by atoms with Gasteiger partial charge in [0, 0.05) is 12.3 Å². The number of carbonyl (C=O) groups excluding carboxylic acids is 1. The van der Waals surface area contributed by atoms with E-state index in [9.17, 15) is 4.79 Å². The summed E-state index contributed by atoms with van der Waals surface area (Å²) >= 11 is 5.48. The van der Waals surface area contributed by atoms with E-state index in [1.165, 1.54) is 0 Å². The summed E-state index contributed by atoms with van der Waals surface area (Å²) in [5, 5.41) is 0. The topological polar surface area (TPSA) is 17.1 Å². The van der Waals surface area contributed by atoms with Crippen LogP contribution in [0, 0.1) is 0 Å². The van der Waals surface area contributed by atoms with Crippen molar-refractivity contribution in [3.8, 4) is 0 Å². The van der Waals surface area contributed by atoms with E-state index in [0.717, 1.165) is 11.1 Å². The van der Waals surface area contributed by atoms with Gasteiger partial charge in [-0.05, 0) is 26.8 Å². The van der Waals surface area contributed by atoms with Crippen molar-refractivity contribution in [2.75, 3.05) is 5.88 Å². The van der Waals surface area contributed by atoms with Gasteiger partial charge in [-0.1, -0.05) is 17.2 Å². The zero-order valence-corrected chi connectivity index (χ0v) is 8.61. The third-order valence-electron chi connectivity index (χ3n) is 1.33. The van der Waals surface area contributed by atoms with Crippen LogP contribution in [0.1, 0.15) is 27.2 Å². The third-order valence-corrected chi connectivity index (χ3v) is 1.48. The number of alkyl halides is 1. The van der Waals surface area contributed by atoms with Gasteiger partial charge in [-0.3, -0.25) is 4.79 Å². The maximum atomic E-state index is 11.2. The van der Waals surface area contributed by atoms with Gasteiger partial charge in [0.15, 0.2) is 5.78 Å². The minimum Gasteiger partial charge on any atom is -0.295 e. The van der Waals surface area contributed by atoms with Crippen molar-refractivity contribution < 1.29 is 4.79 Å². The average Bonchev–Trinajstić information content (AvgIpc) is 1.84. The molecule has 0 aliphatic carbocycles. The van der Waals surface area contributed by atoms with Crippen LogP contribution in [0.3, 0.4) is 0 Å². The van der Waals surface area contributed by atoms with E-state index in [2.05, 4.69) is 0 Å². The molecule has 0 rings (SSSR count). The van der Waals surface area contributed by atoms with Crippen molar-refractivity contribution in [2.24, 2.45) is 0 Å². The fourth-order valence-corrected chi connectivity index (χ4v) is 1.12. The van der Waals surface area contributed by atoms with E-state index in [4.69, 9.17) is 11.6 Å². The summed E-state index contributed by atoms with van der Waals surface area (Å²) in [7, 11) is 0. The highest BCUT2D eigenvalue weighted by molar-refractivity contribution is 6.19. The summed E-state index contributed by atoms with van der Waals surface area (Å²) in [6, 6.07) is 0. The fraction of sp³-hybridized carbons (Fsp3) is 0.500. The minimum absolute atomic E-state index is 0.147. The van der Waals surface area contributed by atoms with Gasteiger partial charge in [0.05, 0.1) is 0 Å².